The molecule has 0 saturated carbocycles. The Balaban J connectivity index is 1.59. The van der Waals surface area contributed by atoms with Gasteiger partial charge in [0.05, 0.1) is 19.4 Å². The van der Waals surface area contributed by atoms with Gasteiger partial charge in [0.2, 0.25) is 5.89 Å². The van der Waals surface area contributed by atoms with E-state index in [4.69, 9.17) is 13.9 Å². The summed E-state index contributed by atoms with van der Waals surface area (Å²) in [6, 6.07) is 21.9. The molecule has 3 aromatic carbocycles. The van der Waals surface area contributed by atoms with Crippen LogP contribution in [0.1, 0.15) is 46.7 Å². The normalized spacial score (nSPS) is 12.5. The number of aliphatic carboxylic acids is 1. The van der Waals surface area contributed by atoms with Gasteiger partial charge in [0, 0.05) is 17.7 Å². The van der Waals surface area contributed by atoms with E-state index in [1.807, 2.05) is 86.8 Å². The molecule has 0 aliphatic heterocycles. The van der Waals surface area contributed by atoms with E-state index in [9.17, 15) is 14.7 Å². The lowest BCUT2D eigenvalue weighted by molar-refractivity contribution is -0.139. The number of amides is 1. The number of carboxylic acids is 1. The summed E-state index contributed by atoms with van der Waals surface area (Å²) in [4.78, 5) is 29.6. The Hall–Kier alpha value is -3.92. The number of nitrogens with one attached hydrogen (secondary N) is 1. The third-order valence-corrected chi connectivity index (χ3v) is 7.41. The number of carbonyl (C=O) groups is 2. The molecule has 0 aliphatic rings. The predicted octanol–water partition coefficient (Wildman–Crippen LogP) is 6.55. The Bertz CT molecular complexity index is 1470. The fourth-order valence-corrected chi connectivity index (χ4v) is 4.96. The van der Waals surface area contributed by atoms with E-state index in [0.29, 0.717) is 41.6 Å². The van der Waals surface area contributed by atoms with Gasteiger partial charge in [-0.15, -0.1) is 0 Å². The van der Waals surface area contributed by atoms with Crippen molar-refractivity contribution in [2.24, 2.45) is 0 Å². The molecule has 1 amide bonds. The van der Waals surface area contributed by atoms with E-state index in [0.717, 1.165) is 22.3 Å². The van der Waals surface area contributed by atoms with Crippen LogP contribution in [0.25, 0.3) is 22.6 Å². The van der Waals surface area contributed by atoms with Crippen molar-refractivity contribution < 1.29 is 28.6 Å². The standard InChI is InChI=1S/C33H36N2O6S/c1-4-39-21-30(29-19-34-32(41-29)24-11-6-5-7-12-24)40-20-23-14-15-26(27(18-23)25-13-9-8-10-22(25)2)31(36)35-28(33(37)38)16-17-42-3/h5-15,18-19,28,30H,4,16-17,20-21H2,1-3H3,(H,35,36)(H,37,38)/t28-,30-/m0/s1. The minimum Gasteiger partial charge on any atom is -0.480 e. The summed E-state index contributed by atoms with van der Waals surface area (Å²) in [6.45, 7) is 4.93. The summed E-state index contributed by atoms with van der Waals surface area (Å²) in [5.74, 6) is 0.202. The Morgan fingerprint density at radius 2 is 1.81 bits per heavy atom. The second-order valence-electron chi connectivity index (χ2n) is 9.73. The molecule has 1 heterocycles. The number of nitrogens with zero attached hydrogens (tertiary/aromatic N) is 1. The van der Waals surface area contributed by atoms with Gasteiger partial charge in [0.25, 0.3) is 5.91 Å². The van der Waals surface area contributed by atoms with Crippen LogP contribution in [0.4, 0.5) is 0 Å². The number of carboxylic acid groups (broad SMARTS) is 1. The number of hydrogen-bond donors (Lipinski definition) is 2. The smallest absolute Gasteiger partial charge is 0.326 e. The summed E-state index contributed by atoms with van der Waals surface area (Å²) in [5.41, 5.74) is 4.69. The number of aromatic nitrogens is 1. The maximum Gasteiger partial charge on any atom is 0.326 e. The number of oxazole rings is 1. The van der Waals surface area contributed by atoms with E-state index >= 15 is 0 Å². The Morgan fingerprint density at radius 1 is 1.05 bits per heavy atom. The van der Waals surface area contributed by atoms with Gasteiger partial charge in [-0.1, -0.05) is 48.5 Å². The molecule has 2 N–H and O–H groups in total. The molecule has 0 unspecified atom stereocenters. The molecule has 2 atom stereocenters. The summed E-state index contributed by atoms with van der Waals surface area (Å²) in [7, 11) is 0. The minimum atomic E-state index is -1.05. The first-order chi connectivity index (χ1) is 20.4. The number of rotatable bonds is 15. The number of thioether (sulfide) groups is 1. The topological polar surface area (TPSA) is 111 Å². The van der Waals surface area contributed by atoms with Crippen molar-refractivity contribution in [3.8, 4) is 22.6 Å². The van der Waals surface area contributed by atoms with Crippen LogP contribution in [0.2, 0.25) is 0 Å². The van der Waals surface area contributed by atoms with Gasteiger partial charge in [-0.2, -0.15) is 11.8 Å². The Kier molecular flexibility index (Phi) is 11.3. The lowest BCUT2D eigenvalue weighted by atomic mass is 9.93. The molecule has 0 fully saturated rings. The second kappa shape index (κ2) is 15.3. The van der Waals surface area contributed by atoms with Gasteiger partial charge in [-0.3, -0.25) is 4.79 Å². The number of carbonyl (C=O) groups excluding carboxylic acids is 1. The van der Waals surface area contributed by atoms with Crippen LogP contribution >= 0.6 is 11.8 Å². The van der Waals surface area contributed by atoms with Crippen LogP contribution in [-0.2, 0) is 20.9 Å². The third kappa shape index (κ3) is 8.09. The zero-order valence-corrected chi connectivity index (χ0v) is 24.9. The molecular weight excluding hydrogens is 552 g/mol. The molecule has 0 bridgehead atoms. The van der Waals surface area contributed by atoms with Crippen LogP contribution in [0, 0.1) is 6.92 Å². The highest BCUT2D eigenvalue weighted by Crippen LogP contribution is 2.30. The third-order valence-electron chi connectivity index (χ3n) is 6.76. The number of aryl methyl sites for hydroxylation is 1. The molecule has 0 radical (unpaired) electrons. The summed E-state index contributed by atoms with van der Waals surface area (Å²) < 4.78 is 18.0. The lowest BCUT2D eigenvalue weighted by Gasteiger charge is -2.19. The van der Waals surface area contributed by atoms with Crippen LogP contribution in [0.3, 0.4) is 0 Å². The fraction of sp³-hybridized carbons (Fsp3) is 0.303. The van der Waals surface area contributed by atoms with Crippen molar-refractivity contribution in [1.29, 1.82) is 0 Å². The van der Waals surface area contributed by atoms with Crippen molar-refractivity contribution in [3.05, 3.63) is 101 Å². The molecule has 1 aromatic heterocycles. The van der Waals surface area contributed by atoms with E-state index in [2.05, 4.69) is 10.3 Å². The molecule has 4 rings (SSSR count). The van der Waals surface area contributed by atoms with Crippen LogP contribution < -0.4 is 5.32 Å². The van der Waals surface area contributed by atoms with Gasteiger partial charge in [0.15, 0.2) is 5.76 Å². The van der Waals surface area contributed by atoms with Gasteiger partial charge in [-0.25, -0.2) is 9.78 Å². The maximum atomic E-state index is 13.4. The van der Waals surface area contributed by atoms with Gasteiger partial charge in [0.1, 0.15) is 12.1 Å². The van der Waals surface area contributed by atoms with Gasteiger partial charge >= 0.3 is 5.97 Å². The maximum absolute atomic E-state index is 13.4. The first-order valence-corrected chi connectivity index (χ1v) is 15.2. The van der Waals surface area contributed by atoms with Crippen LogP contribution in [-0.4, -0.2) is 53.2 Å². The van der Waals surface area contributed by atoms with Crippen molar-refractivity contribution in [3.63, 3.8) is 0 Å². The highest BCUT2D eigenvalue weighted by atomic mass is 32.2. The average molecular weight is 589 g/mol. The molecule has 42 heavy (non-hydrogen) atoms. The molecule has 0 spiro atoms. The highest BCUT2D eigenvalue weighted by molar-refractivity contribution is 7.98. The van der Waals surface area contributed by atoms with Crippen LogP contribution in [0.15, 0.2) is 83.4 Å². The van der Waals surface area contributed by atoms with E-state index in [-0.39, 0.29) is 13.2 Å². The number of hydrogen-bond acceptors (Lipinski definition) is 7. The van der Waals surface area contributed by atoms with E-state index < -0.39 is 24.0 Å². The molecule has 0 aliphatic carbocycles. The average Bonchev–Trinajstić information content (AvgIpc) is 3.50. The lowest BCUT2D eigenvalue weighted by Crippen LogP contribution is -2.41. The summed E-state index contributed by atoms with van der Waals surface area (Å²) in [6.07, 6.45) is 3.41. The van der Waals surface area contributed by atoms with Crippen LogP contribution in [0.5, 0.6) is 0 Å². The zero-order valence-electron chi connectivity index (χ0n) is 24.0. The molecule has 220 valence electrons. The highest BCUT2D eigenvalue weighted by Gasteiger charge is 2.24. The molecule has 4 aromatic rings. The summed E-state index contributed by atoms with van der Waals surface area (Å²) >= 11 is 1.54. The number of ether oxygens (including phenoxy) is 2. The van der Waals surface area contributed by atoms with E-state index in [1.165, 1.54) is 11.8 Å². The first-order valence-electron chi connectivity index (χ1n) is 13.8. The molecule has 9 heteroatoms. The molecule has 8 nitrogen and oxygen atoms in total. The van der Waals surface area contributed by atoms with E-state index in [1.54, 1.807) is 12.3 Å². The molecule has 0 saturated heterocycles. The summed E-state index contributed by atoms with van der Waals surface area (Å²) in [5, 5.41) is 12.4. The number of benzene rings is 3. The monoisotopic (exact) mass is 588 g/mol. The molecular formula is C33H36N2O6S. The Labute approximate surface area is 250 Å². The largest absolute Gasteiger partial charge is 0.480 e. The first kappa shape index (κ1) is 31.0. The fourth-order valence-electron chi connectivity index (χ4n) is 4.49. The van der Waals surface area contributed by atoms with Crippen molar-refractivity contribution in [2.45, 2.75) is 39.0 Å². The second-order valence-corrected chi connectivity index (χ2v) is 10.7. The van der Waals surface area contributed by atoms with Crippen molar-refractivity contribution in [1.82, 2.24) is 10.3 Å². The Morgan fingerprint density at radius 3 is 2.52 bits per heavy atom. The van der Waals surface area contributed by atoms with Crippen molar-refractivity contribution >= 4 is 23.6 Å². The predicted molar refractivity (Wildman–Crippen MR) is 164 cm³/mol. The zero-order chi connectivity index (χ0) is 29.9. The minimum absolute atomic E-state index is 0.228. The quantitative estimate of drug-likeness (QED) is 0.161. The van der Waals surface area contributed by atoms with Gasteiger partial charge in [-0.05, 0) is 78.8 Å². The van der Waals surface area contributed by atoms with Crippen molar-refractivity contribution in [2.75, 3.05) is 25.2 Å². The SMILES string of the molecule is CCOC[C@H](OCc1ccc(C(=O)N[C@@H](CCSC)C(=O)O)c(-c2ccccc2C)c1)c1cnc(-c2ccccc2)o1. The van der Waals surface area contributed by atoms with Gasteiger partial charge < -0.3 is 24.3 Å².